The van der Waals surface area contributed by atoms with Gasteiger partial charge in [-0.2, -0.15) is 4.89 Å². The van der Waals surface area contributed by atoms with Gasteiger partial charge in [-0.3, -0.25) is 4.89 Å². The molecule has 5 nitrogen and oxygen atoms in total. The fourth-order valence-corrected chi connectivity index (χ4v) is 0.695. The number of ether oxygens (including phenoxy) is 1. The highest BCUT2D eigenvalue weighted by atomic mass is 17.2. The number of rotatable bonds is 6. The molecule has 0 aromatic rings. The second-order valence-electron chi connectivity index (χ2n) is 4.45. The van der Waals surface area contributed by atoms with E-state index >= 15 is 0 Å². The van der Waals surface area contributed by atoms with E-state index in [9.17, 15) is 9.59 Å². The van der Waals surface area contributed by atoms with Gasteiger partial charge >= 0.3 is 11.9 Å². The SMILES string of the molecule is CCCCOC(=O)C=CC(=O)OOC(C)(C)C. The summed E-state index contributed by atoms with van der Waals surface area (Å²) in [5, 5.41) is 0. The summed E-state index contributed by atoms with van der Waals surface area (Å²) in [5.41, 5.74) is -0.578. The lowest BCUT2D eigenvalue weighted by atomic mass is 10.2. The molecule has 0 aliphatic heterocycles. The molecule has 0 aliphatic carbocycles. The Kier molecular flexibility index (Phi) is 7.21. The molecular weight excluding hydrogens is 224 g/mol. The average molecular weight is 244 g/mol. The van der Waals surface area contributed by atoms with Crippen molar-refractivity contribution in [2.75, 3.05) is 6.61 Å². The fraction of sp³-hybridized carbons (Fsp3) is 0.667. The highest BCUT2D eigenvalue weighted by Crippen LogP contribution is 2.07. The lowest BCUT2D eigenvalue weighted by Crippen LogP contribution is -2.21. The summed E-state index contributed by atoms with van der Waals surface area (Å²) >= 11 is 0. The first-order chi connectivity index (χ1) is 7.85. The molecule has 0 N–H and O–H groups in total. The van der Waals surface area contributed by atoms with Crippen LogP contribution in [0, 0.1) is 0 Å². The van der Waals surface area contributed by atoms with Crippen LogP contribution in [0.2, 0.25) is 0 Å². The third kappa shape index (κ3) is 10.9. The van der Waals surface area contributed by atoms with E-state index in [-0.39, 0.29) is 0 Å². The summed E-state index contributed by atoms with van der Waals surface area (Å²) in [5.74, 6) is -1.31. The second-order valence-corrected chi connectivity index (χ2v) is 4.45. The third-order valence-electron chi connectivity index (χ3n) is 1.47. The topological polar surface area (TPSA) is 61.8 Å². The molecule has 0 amide bonds. The van der Waals surface area contributed by atoms with Crippen molar-refractivity contribution in [2.45, 2.75) is 46.1 Å². The maximum atomic E-state index is 11.1. The molecule has 0 unspecified atom stereocenters. The first-order valence-corrected chi connectivity index (χ1v) is 5.59. The smallest absolute Gasteiger partial charge is 0.366 e. The van der Waals surface area contributed by atoms with E-state index in [4.69, 9.17) is 9.62 Å². The summed E-state index contributed by atoms with van der Waals surface area (Å²) < 4.78 is 4.80. The van der Waals surface area contributed by atoms with Crippen molar-refractivity contribution < 1.29 is 24.1 Å². The Balaban J connectivity index is 3.83. The number of carbonyl (C=O) groups excluding carboxylic acids is 2. The minimum absolute atomic E-state index is 0.354. The van der Waals surface area contributed by atoms with Gasteiger partial charge in [-0.15, -0.1) is 0 Å². The lowest BCUT2D eigenvalue weighted by molar-refractivity contribution is -0.316. The molecule has 0 fully saturated rings. The van der Waals surface area contributed by atoms with Gasteiger partial charge in [0.15, 0.2) is 0 Å². The van der Waals surface area contributed by atoms with Crippen LogP contribution >= 0.6 is 0 Å². The highest BCUT2D eigenvalue weighted by molar-refractivity contribution is 5.91. The first kappa shape index (κ1) is 15.6. The minimum atomic E-state index is -0.743. The normalized spacial score (nSPS) is 11.5. The maximum absolute atomic E-state index is 11.1. The van der Waals surface area contributed by atoms with Crippen molar-refractivity contribution in [3.05, 3.63) is 12.2 Å². The van der Waals surface area contributed by atoms with Crippen molar-refractivity contribution in [1.29, 1.82) is 0 Å². The van der Waals surface area contributed by atoms with Crippen molar-refractivity contribution in [1.82, 2.24) is 0 Å². The molecular formula is C12H20O5. The molecule has 0 rings (SSSR count). The van der Waals surface area contributed by atoms with Gasteiger partial charge in [-0.25, -0.2) is 9.59 Å². The molecule has 0 aromatic heterocycles. The van der Waals surface area contributed by atoms with Crippen LogP contribution in [0.1, 0.15) is 40.5 Å². The maximum Gasteiger partial charge on any atom is 0.366 e. The molecule has 0 aromatic carbocycles. The zero-order valence-electron chi connectivity index (χ0n) is 10.8. The molecule has 98 valence electrons. The molecule has 0 aliphatic rings. The zero-order chi connectivity index (χ0) is 13.3. The standard InChI is InChI=1S/C12H20O5/c1-5-6-9-15-10(13)7-8-11(14)16-17-12(2,3)4/h7-8H,5-6,9H2,1-4H3. The summed E-state index contributed by atoms with van der Waals surface area (Å²) in [6.45, 7) is 7.56. The molecule has 17 heavy (non-hydrogen) atoms. The van der Waals surface area contributed by atoms with E-state index in [0.717, 1.165) is 25.0 Å². The lowest BCUT2D eigenvalue weighted by Gasteiger charge is -2.15. The molecule has 5 heteroatoms. The minimum Gasteiger partial charge on any atom is -0.463 e. The number of esters is 1. The fourth-order valence-electron chi connectivity index (χ4n) is 0.695. The average Bonchev–Trinajstić information content (AvgIpc) is 2.23. The van der Waals surface area contributed by atoms with Crippen molar-refractivity contribution in [2.24, 2.45) is 0 Å². The predicted molar refractivity (Wildman–Crippen MR) is 61.9 cm³/mol. The van der Waals surface area contributed by atoms with E-state index in [1.807, 2.05) is 6.92 Å². The Labute approximate surface area is 102 Å². The van der Waals surface area contributed by atoms with Crippen LogP contribution in [-0.2, 0) is 24.1 Å². The van der Waals surface area contributed by atoms with Gasteiger partial charge in [-0.05, 0) is 27.2 Å². The van der Waals surface area contributed by atoms with Gasteiger partial charge in [0.25, 0.3) is 0 Å². The van der Waals surface area contributed by atoms with Gasteiger partial charge in [0.1, 0.15) is 5.60 Å². The molecule has 0 radical (unpaired) electrons. The Bertz CT molecular complexity index is 275. The molecule has 0 saturated carbocycles. The monoisotopic (exact) mass is 244 g/mol. The molecule has 0 spiro atoms. The van der Waals surface area contributed by atoms with Gasteiger partial charge < -0.3 is 4.74 Å². The molecule has 0 saturated heterocycles. The van der Waals surface area contributed by atoms with E-state index in [2.05, 4.69) is 4.89 Å². The number of unbranched alkanes of at least 4 members (excludes halogenated alkanes) is 1. The summed E-state index contributed by atoms with van der Waals surface area (Å²) in [6, 6.07) is 0. The van der Waals surface area contributed by atoms with Crippen LogP contribution in [0.25, 0.3) is 0 Å². The quantitative estimate of drug-likeness (QED) is 0.235. The second kappa shape index (κ2) is 7.84. The largest absolute Gasteiger partial charge is 0.463 e. The first-order valence-electron chi connectivity index (χ1n) is 5.59. The Hall–Kier alpha value is -1.36. The number of hydrogen-bond donors (Lipinski definition) is 0. The zero-order valence-corrected chi connectivity index (χ0v) is 10.8. The summed E-state index contributed by atoms with van der Waals surface area (Å²) in [7, 11) is 0. The van der Waals surface area contributed by atoms with Crippen LogP contribution in [0.5, 0.6) is 0 Å². The Morgan fingerprint density at radius 2 is 1.71 bits per heavy atom. The van der Waals surface area contributed by atoms with Gasteiger partial charge in [0.05, 0.1) is 6.61 Å². The van der Waals surface area contributed by atoms with Crippen LogP contribution in [0.4, 0.5) is 0 Å². The van der Waals surface area contributed by atoms with Crippen LogP contribution in [0.3, 0.4) is 0 Å². The molecule has 0 heterocycles. The van der Waals surface area contributed by atoms with Crippen molar-refractivity contribution >= 4 is 11.9 Å². The van der Waals surface area contributed by atoms with E-state index < -0.39 is 17.5 Å². The number of carbonyl (C=O) groups is 2. The van der Waals surface area contributed by atoms with Crippen LogP contribution < -0.4 is 0 Å². The van der Waals surface area contributed by atoms with E-state index in [0.29, 0.717) is 6.61 Å². The van der Waals surface area contributed by atoms with Gasteiger partial charge in [0, 0.05) is 12.2 Å². The number of hydrogen-bond acceptors (Lipinski definition) is 5. The predicted octanol–water partition coefficient (Wildman–Crippen LogP) is 2.16. The van der Waals surface area contributed by atoms with Gasteiger partial charge in [0.2, 0.25) is 0 Å². The summed E-state index contributed by atoms with van der Waals surface area (Å²) in [4.78, 5) is 31.4. The van der Waals surface area contributed by atoms with E-state index in [1.165, 1.54) is 0 Å². The molecule has 0 bridgehead atoms. The summed E-state index contributed by atoms with van der Waals surface area (Å²) in [6.07, 6.45) is 3.74. The van der Waals surface area contributed by atoms with Crippen molar-refractivity contribution in [3.63, 3.8) is 0 Å². The van der Waals surface area contributed by atoms with Crippen molar-refractivity contribution in [3.8, 4) is 0 Å². The van der Waals surface area contributed by atoms with Crippen LogP contribution in [-0.4, -0.2) is 24.1 Å². The van der Waals surface area contributed by atoms with Crippen LogP contribution in [0.15, 0.2) is 12.2 Å². The molecule has 0 atom stereocenters. The Morgan fingerprint density at radius 3 is 2.24 bits per heavy atom. The third-order valence-corrected chi connectivity index (χ3v) is 1.47. The van der Waals surface area contributed by atoms with Gasteiger partial charge in [-0.1, -0.05) is 13.3 Å². The Morgan fingerprint density at radius 1 is 1.12 bits per heavy atom. The highest BCUT2D eigenvalue weighted by Gasteiger charge is 2.14. The van der Waals surface area contributed by atoms with E-state index in [1.54, 1.807) is 20.8 Å².